The Morgan fingerprint density at radius 2 is 2.10 bits per heavy atom. The zero-order valence-electron chi connectivity index (χ0n) is 13.5. The van der Waals surface area contributed by atoms with Gasteiger partial charge in [-0.25, -0.2) is 4.79 Å². The average Bonchev–Trinajstić information content (AvgIpc) is 2.46. The minimum atomic E-state index is -0.845. The number of carbonyl (C=O) groups is 1. The largest absolute Gasteiger partial charge is 0.478 e. The van der Waals surface area contributed by atoms with Crippen LogP contribution >= 0.6 is 0 Å². The molecule has 21 heavy (non-hydrogen) atoms. The Hall–Kier alpha value is -1.98. The fourth-order valence-electron chi connectivity index (χ4n) is 1.74. The number of carboxylic acid groups (broad SMARTS) is 1. The molecule has 0 fully saturated rings. The van der Waals surface area contributed by atoms with Crippen LogP contribution in [0.1, 0.15) is 46.5 Å². The Morgan fingerprint density at radius 3 is 2.57 bits per heavy atom. The number of aliphatic carboxylic acids is 1. The van der Waals surface area contributed by atoms with Gasteiger partial charge in [0.15, 0.2) is 0 Å². The smallest absolute Gasteiger partial charge is 0.331 e. The fraction of sp³-hybridized carbons (Fsp3) is 0.600. The van der Waals surface area contributed by atoms with E-state index in [2.05, 4.69) is 10.4 Å². The third-order valence-electron chi connectivity index (χ3n) is 3.02. The normalized spacial score (nSPS) is 14.3. The molecule has 0 radical (unpaired) electrons. The summed E-state index contributed by atoms with van der Waals surface area (Å²) < 4.78 is 0. The average molecular weight is 296 g/mol. The lowest BCUT2D eigenvalue weighted by atomic mass is 10.1. The highest BCUT2D eigenvalue weighted by atomic mass is 16.4. The summed E-state index contributed by atoms with van der Waals surface area (Å²) in [5.41, 5.74) is 9.15. The minimum Gasteiger partial charge on any atom is -0.478 e. The van der Waals surface area contributed by atoms with Crippen molar-refractivity contribution in [3.8, 4) is 0 Å². The van der Waals surface area contributed by atoms with E-state index in [1.54, 1.807) is 13.1 Å². The molecule has 4 N–H and O–H groups in total. The number of aliphatic imine (C=N–C) groups is 1. The van der Waals surface area contributed by atoms with Crippen molar-refractivity contribution in [1.29, 1.82) is 0 Å². The molecule has 0 saturated heterocycles. The van der Waals surface area contributed by atoms with Gasteiger partial charge in [-0.2, -0.15) is 0 Å². The molecule has 0 aromatic rings. The van der Waals surface area contributed by atoms with Crippen LogP contribution in [0, 0.1) is 0 Å². The van der Waals surface area contributed by atoms with Crippen LogP contribution < -0.4 is 11.2 Å². The Morgan fingerprint density at radius 1 is 1.43 bits per heavy atom. The Kier molecular flexibility index (Phi) is 9.75. The number of nitrogens with one attached hydrogen (secondary N) is 1. The lowest BCUT2D eigenvalue weighted by molar-refractivity contribution is -0.132. The number of nitrogens with two attached hydrogens (primary N) is 1. The molecule has 6 nitrogen and oxygen atoms in total. The highest BCUT2D eigenvalue weighted by molar-refractivity contribution is 5.86. The van der Waals surface area contributed by atoms with Gasteiger partial charge in [-0.3, -0.25) is 15.4 Å². The van der Waals surface area contributed by atoms with Gasteiger partial charge in [0.05, 0.1) is 0 Å². The van der Waals surface area contributed by atoms with Gasteiger partial charge in [-0.1, -0.05) is 26.0 Å². The van der Waals surface area contributed by atoms with Crippen molar-refractivity contribution in [3.05, 3.63) is 23.9 Å². The van der Waals surface area contributed by atoms with Crippen molar-refractivity contribution in [2.24, 2.45) is 10.7 Å². The molecule has 1 atom stereocenters. The lowest BCUT2D eigenvalue weighted by Crippen LogP contribution is -2.47. The number of carboxylic acids is 1. The van der Waals surface area contributed by atoms with E-state index in [-0.39, 0.29) is 6.04 Å². The molecule has 0 spiro atoms. The summed E-state index contributed by atoms with van der Waals surface area (Å²) in [6, 6.07) is 0.0905. The monoisotopic (exact) mass is 296 g/mol. The fourth-order valence-corrected chi connectivity index (χ4v) is 1.74. The number of hydrazine groups is 1. The molecule has 120 valence electrons. The lowest BCUT2D eigenvalue weighted by Gasteiger charge is -2.28. The van der Waals surface area contributed by atoms with Crippen molar-refractivity contribution >= 4 is 11.9 Å². The highest BCUT2D eigenvalue weighted by Crippen LogP contribution is 2.12. The molecule has 0 aromatic carbocycles. The van der Waals surface area contributed by atoms with E-state index in [9.17, 15) is 4.79 Å². The van der Waals surface area contributed by atoms with Crippen LogP contribution in [0.4, 0.5) is 0 Å². The molecule has 0 aliphatic heterocycles. The van der Waals surface area contributed by atoms with E-state index in [1.807, 2.05) is 38.1 Å². The number of guanidine groups is 1. The summed E-state index contributed by atoms with van der Waals surface area (Å²) in [6.07, 6.45) is 8.53. The van der Waals surface area contributed by atoms with E-state index in [0.717, 1.165) is 12.8 Å². The maximum absolute atomic E-state index is 11.1. The second-order valence-electron chi connectivity index (χ2n) is 4.75. The standard InChI is InChI=1S/C15H28N4O2/c1-5-7-11-19(18-15(16)17-4)12(3)9-10-13(8-6-2)14(20)21/h7-8,11-12H,5-6,9-10H2,1-4H3,(H,20,21)(H3,16,17,18)/b11-7-,13-8+. The van der Waals surface area contributed by atoms with Crippen molar-refractivity contribution in [3.63, 3.8) is 0 Å². The molecule has 6 heteroatoms. The van der Waals surface area contributed by atoms with Crippen LogP contribution in [0.2, 0.25) is 0 Å². The first-order valence-electron chi connectivity index (χ1n) is 7.32. The molecule has 0 bridgehead atoms. The summed E-state index contributed by atoms with van der Waals surface area (Å²) in [7, 11) is 1.61. The van der Waals surface area contributed by atoms with E-state index < -0.39 is 5.97 Å². The van der Waals surface area contributed by atoms with Crippen LogP contribution in [-0.2, 0) is 4.79 Å². The van der Waals surface area contributed by atoms with Gasteiger partial charge >= 0.3 is 5.97 Å². The third-order valence-corrected chi connectivity index (χ3v) is 3.02. The predicted molar refractivity (Wildman–Crippen MR) is 86.7 cm³/mol. The van der Waals surface area contributed by atoms with Crippen molar-refractivity contribution in [1.82, 2.24) is 10.4 Å². The van der Waals surface area contributed by atoms with Crippen molar-refractivity contribution in [2.45, 2.75) is 52.5 Å². The van der Waals surface area contributed by atoms with Crippen LogP contribution in [-0.4, -0.2) is 35.1 Å². The van der Waals surface area contributed by atoms with Gasteiger partial charge in [0.2, 0.25) is 5.96 Å². The first-order chi connectivity index (χ1) is 9.96. The van der Waals surface area contributed by atoms with Crippen LogP contribution in [0.3, 0.4) is 0 Å². The molecule has 0 aliphatic carbocycles. The molecular weight excluding hydrogens is 268 g/mol. The molecule has 0 saturated carbocycles. The van der Waals surface area contributed by atoms with E-state index in [4.69, 9.17) is 10.8 Å². The summed E-state index contributed by atoms with van der Waals surface area (Å²) in [6.45, 7) is 5.99. The zero-order valence-corrected chi connectivity index (χ0v) is 13.5. The van der Waals surface area contributed by atoms with Crippen LogP contribution in [0.15, 0.2) is 28.9 Å². The predicted octanol–water partition coefficient (Wildman–Crippen LogP) is 2.25. The van der Waals surface area contributed by atoms with Crippen LogP contribution in [0.5, 0.6) is 0 Å². The first-order valence-corrected chi connectivity index (χ1v) is 7.32. The maximum Gasteiger partial charge on any atom is 0.331 e. The number of hydrogen-bond donors (Lipinski definition) is 3. The second kappa shape index (κ2) is 10.8. The molecule has 0 amide bonds. The molecule has 0 rings (SSSR count). The van der Waals surface area contributed by atoms with Crippen molar-refractivity contribution < 1.29 is 9.90 Å². The SMILES string of the molecule is CC/C=C\N(NC(N)=NC)C(C)CC/C(=C\CC)C(=O)O. The summed E-state index contributed by atoms with van der Waals surface area (Å²) >= 11 is 0. The molecule has 0 heterocycles. The summed E-state index contributed by atoms with van der Waals surface area (Å²) in [4.78, 5) is 15.0. The zero-order chi connectivity index (χ0) is 16.3. The third kappa shape index (κ3) is 8.02. The van der Waals surface area contributed by atoms with Gasteiger partial charge in [0.1, 0.15) is 0 Å². The minimum absolute atomic E-state index is 0.0905. The topological polar surface area (TPSA) is 91.0 Å². The molecule has 0 aromatic heterocycles. The number of hydrogen-bond acceptors (Lipinski definition) is 3. The quantitative estimate of drug-likeness (QED) is 0.263. The van der Waals surface area contributed by atoms with Gasteiger partial charge < -0.3 is 10.8 Å². The number of nitrogens with zero attached hydrogens (tertiary/aromatic N) is 2. The van der Waals surface area contributed by atoms with Gasteiger partial charge in [0.25, 0.3) is 0 Å². The molecular formula is C15H28N4O2. The van der Waals surface area contributed by atoms with Crippen molar-refractivity contribution in [2.75, 3.05) is 7.05 Å². The van der Waals surface area contributed by atoms with E-state index >= 15 is 0 Å². The second-order valence-corrected chi connectivity index (χ2v) is 4.75. The summed E-state index contributed by atoms with van der Waals surface area (Å²) in [5, 5.41) is 11.0. The van der Waals surface area contributed by atoms with Crippen LogP contribution in [0.25, 0.3) is 0 Å². The Bertz CT molecular complexity index is 402. The number of rotatable bonds is 9. The molecule has 0 aliphatic rings. The highest BCUT2D eigenvalue weighted by Gasteiger charge is 2.14. The van der Waals surface area contributed by atoms with Gasteiger partial charge in [-0.05, 0) is 32.6 Å². The first kappa shape index (κ1) is 19.0. The number of allylic oxidation sites excluding steroid dienone is 2. The van der Waals surface area contributed by atoms with Gasteiger partial charge in [-0.15, -0.1) is 0 Å². The van der Waals surface area contributed by atoms with E-state index in [0.29, 0.717) is 24.4 Å². The summed E-state index contributed by atoms with van der Waals surface area (Å²) in [5.74, 6) is -0.521. The Labute approximate surface area is 127 Å². The molecule has 1 unspecified atom stereocenters. The van der Waals surface area contributed by atoms with E-state index in [1.165, 1.54) is 0 Å². The van der Waals surface area contributed by atoms with Gasteiger partial charge in [0, 0.05) is 24.9 Å². The maximum atomic E-state index is 11.1. The Balaban J connectivity index is 4.73.